The Morgan fingerprint density at radius 3 is 2.54 bits per heavy atom. The number of hydrogen-bond acceptors (Lipinski definition) is 2. The van der Waals surface area contributed by atoms with Crippen LogP contribution in [0.1, 0.15) is 30.5 Å². The Bertz CT molecular complexity index is 974. The first-order valence-electron chi connectivity index (χ1n) is 7.83. The van der Waals surface area contributed by atoms with Crippen LogP contribution in [-0.4, -0.2) is 16.2 Å². The van der Waals surface area contributed by atoms with E-state index in [1.807, 2.05) is 30.3 Å². The Hall–Kier alpha value is -2.62. The van der Waals surface area contributed by atoms with Crippen LogP contribution in [-0.2, 0) is 5.92 Å². The summed E-state index contributed by atoms with van der Waals surface area (Å²) in [6, 6.07) is 16.2. The third kappa shape index (κ3) is 2.06. The highest BCUT2D eigenvalue weighted by molar-refractivity contribution is 6.15. The third-order valence-electron chi connectivity index (χ3n) is 4.56. The molecule has 0 aliphatic carbocycles. The summed E-state index contributed by atoms with van der Waals surface area (Å²) in [5.41, 5.74) is 1.33. The number of rotatable bonds is 1. The summed E-state index contributed by atoms with van der Waals surface area (Å²) in [5, 5.41) is 0.963. The average molecular weight is 322 g/mol. The lowest BCUT2D eigenvalue weighted by Gasteiger charge is -2.37. The van der Waals surface area contributed by atoms with Gasteiger partial charge >= 0.3 is 0 Å². The molecule has 0 unspecified atom stereocenters. The average Bonchev–Trinajstić information content (AvgIpc) is 2.58. The maximum atomic E-state index is 14.8. The van der Waals surface area contributed by atoms with Gasteiger partial charge in [0.25, 0.3) is 5.92 Å². The van der Waals surface area contributed by atoms with Crippen LogP contribution in [0.3, 0.4) is 0 Å². The van der Waals surface area contributed by atoms with Gasteiger partial charge in [-0.3, -0.25) is 9.98 Å². The molecule has 1 aliphatic rings. The van der Waals surface area contributed by atoms with Crippen molar-refractivity contribution in [1.82, 2.24) is 4.98 Å². The summed E-state index contributed by atoms with van der Waals surface area (Å²) in [5.74, 6) is -3.01. The standard InChI is InChI=1S/C20H16F2N2/c1-19(2)20(21,22)16-8-4-3-7-15(16)18(24-19)14-9-10-17-13(12-14)6-5-11-23-17/h3-12H,1-2H3. The summed E-state index contributed by atoms with van der Waals surface area (Å²) < 4.78 is 29.6. The number of benzene rings is 2. The SMILES string of the molecule is CC1(C)N=C(c2ccc3ncccc3c2)c2ccccc2C1(F)F. The molecule has 0 bridgehead atoms. The van der Waals surface area contributed by atoms with Gasteiger partial charge in [-0.1, -0.05) is 36.4 Å². The number of pyridine rings is 1. The Kier molecular flexibility index (Phi) is 3.07. The second-order valence-corrected chi connectivity index (χ2v) is 6.55. The molecule has 0 spiro atoms. The quantitative estimate of drug-likeness (QED) is 0.622. The zero-order valence-corrected chi connectivity index (χ0v) is 13.4. The molecule has 0 amide bonds. The second kappa shape index (κ2) is 4.94. The highest BCUT2D eigenvalue weighted by Crippen LogP contribution is 2.46. The van der Waals surface area contributed by atoms with Gasteiger partial charge in [0.05, 0.1) is 11.2 Å². The van der Waals surface area contributed by atoms with Gasteiger partial charge in [0.15, 0.2) is 0 Å². The summed E-state index contributed by atoms with van der Waals surface area (Å²) in [6.07, 6.45) is 1.74. The minimum absolute atomic E-state index is 0.0336. The molecule has 3 aromatic rings. The van der Waals surface area contributed by atoms with Gasteiger partial charge in [-0.2, -0.15) is 8.78 Å². The largest absolute Gasteiger partial charge is 0.297 e. The molecule has 4 rings (SSSR count). The highest BCUT2D eigenvalue weighted by atomic mass is 19.3. The third-order valence-corrected chi connectivity index (χ3v) is 4.56. The first kappa shape index (κ1) is 14.9. The first-order valence-corrected chi connectivity index (χ1v) is 7.83. The fourth-order valence-electron chi connectivity index (χ4n) is 3.15. The summed E-state index contributed by atoms with van der Waals surface area (Å²) in [4.78, 5) is 8.74. The molecular weight excluding hydrogens is 306 g/mol. The number of alkyl halides is 2. The fourth-order valence-corrected chi connectivity index (χ4v) is 3.15. The zero-order chi connectivity index (χ0) is 16.9. The molecule has 0 fully saturated rings. The van der Waals surface area contributed by atoms with E-state index >= 15 is 0 Å². The van der Waals surface area contributed by atoms with Gasteiger partial charge in [0.2, 0.25) is 0 Å². The van der Waals surface area contributed by atoms with Gasteiger partial charge in [-0.05, 0) is 32.0 Å². The number of aliphatic imine (C=N–C) groups is 1. The van der Waals surface area contributed by atoms with Crippen molar-refractivity contribution in [3.63, 3.8) is 0 Å². The number of fused-ring (bicyclic) bond motifs is 2. The van der Waals surface area contributed by atoms with E-state index in [0.29, 0.717) is 11.3 Å². The predicted molar refractivity (Wildman–Crippen MR) is 91.8 cm³/mol. The second-order valence-electron chi connectivity index (χ2n) is 6.55. The van der Waals surface area contributed by atoms with Crippen LogP contribution in [0.25, 0.3) is 10.9 Å². The Morgan fingerprint density at radius 2 is 1.71 bits per heavy atom. The van der Waals surface area contributed by atoms with Crippen LogP contribution in [0.5, 0.6) is 0 Å². The van der Waals surface area contributed by atoms with Crippen molar-refractivity contribution in [3.8, 4) is 0 Å². The minimum atomic E-state index is -3.01. The van der Waals surface area contributed by atoms with E-state index in [1.54, 1.807) is 24.4 Å². The van der Waals surface area contributed by atoms with Crippen LogP contribution in [0.15, 0.2) is 65.8 Å². The Morgan fingerprint density at radius 1 is 0.917 bits per heavy atom. The number of halogens is 2. The molecule has 1 aromatic heterocycles. The van der Waals surface area contributed by atoms with Crippen molar-refractivity contribution < 1.29 is 8.78 Å². The smallest absolute Gasteiger partial charge is 0.271 e. The van der Waals surface area contributed by atoms with E-state index in [-0.39, 0.29) is 5.56 Å². The molecule has 0 saturated carbocycles. The monoisotopic (exact) mass is 322 g/mol. The van der Waals surface area contributed by atoms with E-state index in [4.69, 9.17) is 0 Å². The van der Waals surface area contributed by atoms with E-state index in [0.717, 1.165) is 16.5 Å². The van der Waals surface area contributed by atoms with Gasteiger partial charge in [0.1, 0.15) is 5.54 Å². The van der Waals surface area contributed by atoms with E-state index in [1.165, 1.54) is 19.9 Å². The molecule has 24 heavy (non-hydrogen) atoms. The van der Waals surface area contributed by atoms with Crippen LogP contribution in [0.4, 0.5) is 8.78 Å². The van der Waals surface area contributed by atoms with Crippen molar-refractivity contribution in [2.24, 2.45) is 4.99 Å². The zero-order valence-electron chi connectivity index (χ0n) is 13.4. The molecule has 0 radical (unpaired) electrons. The van der Waals surface area contributed by atoms with Crippen molar-refractivity contribution in [3.05, 3.63) is 77.5 Å². The summed E-state index contributed by atoms with van der Waals surface area (Å²) in [7, 11) is 0. The number of aromatic nitrogens is 1. The Labute approximate surface area is 138 Å². The summed E-state index contributed by atoms with van der Waals surface area (Å²) >= 11 is 0. The van der Waals surface area contributed by atoms with E-state index in [2.05, 4.69) is 9.98 Å². The Balaban J connectivity index is 1.98. The maximum absolute atomic E-state index is 14.8. The van der Waals surface area contributed by atoms with Crippen LogP contribution in [0.2, 0.25) is 0 Å². The van der Waals surface area contributed by atoms with Crippen LogP contribution >= 0.6 is 0 Å². The molecule has 4 heteroatoms. The topological polar surface area (TPSA) is 25.2 Å². The molecule has 2 heterocycles. The van der Waals surface area contributed by atoms with Crippen molar-refractivity contribution in [1.29, 1.82) is 0 Å². The fraction of sp³-hybridized carbons (Fsp3) is 0.200. The number of nitrogens with zero attached hydrogens (tertiary/aromatic N) is 2. The highest BCUT2D eigenvalue weighted by Gasteiger charge is 2.52. The minimum Gasteiger partial charge on any atom is -0.271 e. The van der Waals surface area contributed by atoms with Gasteiger partial charge < -0.3 is 0 Å². The molecule has 0 N–H and O–H groups in total. The van der Waals surface area contributed by atoms with Crippen LogP contribution in [0, 0.1) is 0 Å². The molecular formula is C20H16F2N2. The molecule has 1 aliphatic heterocycles. The van der Waals surface area contributed by atoms with Crippen molar-refractivity contribution in [2.45, 2.75) is 25.3 Å². The maximum Gasteiger partial charge on any atom is 0.297 e. The first-order chi connectivity index (χ1) is 11.4. The molecule has 0 saturated heterocycles. The normalized spacial score (nSPS) is 18.1. The molecule has 0 atom stereocenters. The van der Waals surface area contributed by atoms with Gasteiger partial charge in [0, 0.05) is 28.3 Å². The summed E-state index contributed by atoms with van der Waals surface area (Å²) in [6.45, 7) is 2.96. The predicted octanol–water partition coefficient (Wildman–Crippen LogP) is 4.96. The lowest BCUT2D eigenvalue weighted by atomic mass is 9.81. The van der Waals surface area contributed by atoms with E-state index in [9.17, 15) is 8.78 Å². The van der Waals surface area contributed by atoms with Crippen LogP contribution < -0.4 is 0 Å². The number of hydrogen-bond donors (Lipinski definition) is 0. The molecule has 120 valence electrons. The van der Waals surface area contributed by atoms with Crippen molar-refractivity contribution >= 4 is 16.6 Å². The molecule has 2 aromatic carbocycles. The lowest BCUT2D eigenvalue weighted by molar-refractivity contribution is -0.0681. The van der Waals surface area contributed by atoms with Gasteiger partial charge in [-0.25, -0.2) is 0 Å². The van der Waals surface area contributed by atoms with Gasteiger partial charge in [-0.15, -0.1) is 0 Å². The van der Waals surface area contributed by atoms with E-state index < -0.39 is 11.5 Å². The lowest BCUT2D eigenvalue weighted by Crippen LogP contribution is -2.44. The van der Waals surface area contributed by atoms with Crippen molar-refractivity contribution in [2.75, 3.05) is 0 Å². The molecule has 2 nitrogen and oxygen atoms in total.